The standard InChI is InChI=1S/C22H26ClFN2O3/c1-15(2)12-25-22(28)16(3)26(13-17-6-4-5-7-20(17)23)21(27)14-29-19-10-8-18(24)9-11-19/h4-11,15-16H,12-14H2,1-3H3,(H,25,28). The molecule has 0 aliphatic carbocycles. The third-order valence-corrected chi connectivity index (χ3v) is 4.70. The Morgan fingerprint density at radius 1 is 1.10 bits per heavy atom. The summed E-state index contributed by atoms with van der Waals surface area (Å²) in [4.78, 5) is 26.9. The summed E-state index contributed by atoms with van der Waals surface area (Å²) in [5, 5.41) is 3.36. The van der Waals surface area contributed by atoms with Crippen LogP contribution in [0.25, 0.3) is 0 Å². The third-order valence-electron chi connectivity index (χ3n) is 4.33. The maximum Gasteiger partial charge on any atom is 0.261 e. The molecule has 7 heteroatoms. The van der Waals surface area contributed by atoms with E-state index < -0.39 is 6.04 Å². The first-order valence-corrected chi connectivity index (χ1v) is 9.84. The van der Waals surface area contributed by atoms with Gasteiger partial charge in [0.15, 0.2) is 6.61 Å². The predicted molar refractivity (Wildman–Crippen MR) is 111 cm³/mol. The average molecular weight is 421 g/mol. The molecule has 2 aromatic rings. The van der Waals surface area contributed by atoms with Crippen LogP contribution in [-0.4, -0.2) is 35.9 Å². The Balaban J connectivity index is 2.13. The van der Waals surface area contributed by atoms with E-state index >= 15 is 0 Å². The average Bonchev–Trinajstić information content (AvgIpc) is 2.70. The molecule has 0 heterocycles. The Morgan fingerprint density at radius 2 is 1.76 bits per heavy atom. The fraction of sp³-hybridized carbons (Fsp3) is 0.364. The second kappa shape index (κ2) is 10.8. The molecule has 0 aliphatic heterocycles. The van der Waals surface area contributed by atoms with Gasteiger partial charge in [-0.05, 0) is 48.7 Å². The van der Waals surface area contributed by atoms with Crippen molar-refractivity contribution in [3.63, 3.8) is 0 Å². The molecule has 0 saturated heterocycles. The van der Waals surface area contributed by atoms with E-state index in [0.717, 1.165) is 5.56 Å². The van der Waals surface area contributed by atoms with Gasteiger partial charge in [0.1, 0.15) is 17.6 Å². The summed E-state index contributed by atoms with van der Waals surface area (Å²) in [6.45, 7) is 6.06. The summed E-state index contributed by atoms with van der Waals surface area (Å²) < 4.78 is 18.5. The van der Waals surface area contributed by atoms with Crippen LogP contribution in [0.2, 0.25) is 5.02 Å². The van der Waals surface area contributed by atoms with E-state index in [1.165, 1.54) is 29.2 Å². The Morgan fingerprint density at radius 3 is 2.38 bits per heavy atom. The first-order chi connectivity index (χ1) is 13.8. The molecular formula is C22H26ClFN2O3. The summed E-state index contributed by atoms with van der Waals surface area (Å²) in [6.07, 6.45) is 0. The number of rotatable bonds is 9. The van der Waals surface area contributed by atoms with Crippen molar-refractivity contribution in [3.8, 4) is 5.75 Å². The Hall–Kier alpha value is -2.60. The van der Waals surface area contributed by atoms with Crippen LogP contribution in [0.1, 0.15) is 26.3 Å². The first kappa shape index (κ1) is 22.7. The molecule has 1 atom stereocenters. The Kier molecular flexibility index (Phi) is 8.46. The quantitative estimate of drug-likeness (QED) is 0.665. The topological polar surface area (TPSA) is 58.6 Å². The van der Waals surface area contributed by atoms with Crippen LogP contribution in [0.4, 0.5) is 4.39 Å². The van der Waals surface area contributed by atoms with Crippen molar-refractivity contribution in [2.45, 2.75) is 33.4 Å². The van der Waals surface area contributed by atoms with E-state index in [1.807, 2.05) is 26.0 Å². The maximum atomic E-state index is 13.0. The first-order valence-electron chi connectivity index (χ1n) is 9.47. The number of nitrogens with one attached hydrogen (secondary N) is 1. The molecule has 0 bridgehead atoms. The second-order valence-electron chi connectivity index (χ2n) is 7.17. The molecule has 2 amide bonds. The van der Waals surface area contributed by atoms with Gasteiger partial charge in [-0.25, -0.2) is 4.39 Å². The highest BCUT2D eigenvalue weighted by molar-refractivity contribution is 6.31. The predicted octanol–water partition coefficient (Wildman–Crippen LogP) is 4.05. The van der Waals surface area contributed by atoms with E-state index in [9.17, 15) is 14.0 Å². The summed E-state index contributed by atoms with van der Waals surface area (Å²) in [5.41, 5.74) is 0.729. The SMILES string of the molecule is CC(C)CNC(=O)C(C)N(Cc1ccccc1Cl)C(=O)COc1ccc(F)cc1. The van der Waals surface area contributed by atoms with Crippen LogP contribution in [0.15, 0.2) is 48.5 Å². The number of ether oxygens (including phenoxy) is 1. The molecule has 0 spiro atoms. The van der Waals surface area contributed by atoms with E-state index in [4.69, 9.17) is 16.3 Å². The largest absolute Gasteiger partial charge is 0.484 e. The zero-order valence-electron chi connectivity index (χ0n) is 16.8. The minimum absolute atomic E-state index is 0.168. The zero-order chi connectivity index (χ0) is 21.4. The van der Waals surface area contributed by atoms with E-state index in [1.54, 1.807) is 19.1 Å². The minimum Gasteiger partial charge on any atom is -0.484 e. The van der Waals surface area contributed by atoms with Crippen LogP contribution < -0.4 is 10.1 Å². The highest BCUT2D eigenvalue weighted by Crippen LogP contribution is 2.19. The van der Waals surface area contributed by atoms with Gasteiger partial charge in [-0.3, -0.25) is 9.59 Å². The van der Waals surface area contributed by atoms with Crippen molar-refractivity contribution < 1.29 is 18.7 Å². The molecule has 0 fully saturated rings. The van der Waals surface area contributed by atoms with E-state index in [0.29, 0.717) is 23.2 Å². The summed E-state index contributed by atoms with van der Waals surface area (Å²) in [7, 11) is 0. The van der Waals surface area contributed by atoms with Gasteiger partial charge >= 0.3 is 0 Å². The van der Waals surface area contributed by atoms with Crippen LogP contribution in [0, 0.1) is 11.7 Å². The molecular weight excluding hydrogens is 395 g/mol. The van der Waals surface area contributed by atoms with Crippen molar-refractivity contribution in [2.24, 2.45) is 5.92 Å². The van der Waals surface area contributed by atoms with Gasteiger partial charge in [-0.15, -0.1) is 0 Å². The molecule has 0 aromatic heterocycles. The Labute approximate surface area is 175 Å². The van der Waals surface area contributed by atoms with Gasteiger partial charge in [0.05, 0.1) is 0 Å². The highest BCUT2D eigenvalue weighted by atomic mass is 35.5. The summed E-state index contributed by atoms with van der Waals surface area (Å²) in [5.74, 6) is -0.350. The number of carbonyl (C=O) groups excluding carboxylic acids is 2. The molecule has 156 valence electrons. The number of hydrogen-bond acceptors (Lipinski definition) is 3. The smallest absolute Gasteiger partial charge is 0.261 e. The maximum absolute atomic E-state index is 13.0. The van der Waals surface area contributed by atoms with Gasteiger partial charge < -0.3 is 15.0 Å². The normalized spacial score (nSPS) is 11.8. The number of nitrogens with zero attached hydrogens (tertiary/aromatic N) is 1. The molecule has 2 rings (SSSR count). The zero-order valence-corrected chi connectivity index (χ0v) is 17.6. The van der Waals surface area contributed by atoms with Gasteiger partial charge in [0.2, 0.25) is 5.91 Å². The lowest BCUT2D eigenvalue weighted by atomic mass is 10.1. The lowest BCUT2D eigenvalue weighted by molar-refractivity contribution is -0.142. The third kappa shape index (κ3) is 7.06. The van der Waals surface area contributed by atoms with Crippen LogP contribution >= 0.6 is 11.6 Å². The van der Waals surface area contributed by atoms with Gasteiger partial charge in [-0.1, -0.05) is 43.6 Å². The lowest BCUT2D eigenvalue weighted by Gasteiger charge is -2.29. The van der Waals surface area contributed by atoms with Crippen LogP contribution in [0.5, 0.6) is 5.75 Å². The van der Waals surface area contributed by atoms with Crippen LogP contribution in [-0.2, 0) is 16.1 Å². The summed E-state index contributed by atoms with van der Waals surface area (Å²) in [6, 6.07) is 11.8. The van der Waals surface area contributed by atoms with Crippen molar-refractivity contribution >= 4 is 23.4 Å². The van der Waals surface area contributed by atoms with Crippen molar-refractivity contribution in [3.05, 3.63) is 64.9 Å². The highest BCUT2D eigenvalue weighted by Gasteiger charge is 2.27. The summed E-state index contributed by atoms with van der Waals surface area (Å²) >= 11 is 6.24. The number of amides is 2. The molecule has 1 N–H and O–H groups in total. The molecule has 1 unspecified atom stereocenters. The number of hydrogen-bond donors (Lipinski definition) is 1. The molecule has 0 aliphatic rings. The van der Waals surface area contributed by atoms with Crippen LogP contribution in [0.3, 0.4) is 0 Å². The molecule has 5 nitrogen and oxygen atoms in total. The van der Waals surface area contributed by atoms with E-state index in [-0.39, 0.29) is 30.8 Å². The molecule has 29 heavy (non-hydrogen) atoms. The van der Waals surface area contributed by atoms with Crippen molar-refractivity contribution in [2.75, 3.05) is 13.2 Å². The fourth-order valence-electron chi connectivity index (χ4n) is 2.60. The molecule has 0 radical (unpaired) electrons. The monoisotopic (exact) mass is 420 g/mol. The number of halogens is 2. The second-order valence-corrected chi connectivity index (χ2v) is 7.58. The van der Waals surface area contributed by atoms with Gasteiger partial charge in [0, 0.05) is 18.1 Å². The number of carbonyl (C=O) groups is 2. The van der Waals surface area contributed by atoms with Gasteiger partial charge in [0.25, 0.3) is 5.91 Å². The van der Waals surface area contributed by atoms with Crippen molar-refractivity contribution in [1.29, 1.82) is 0 Å². The fourth-order valence-corrected chi connectivity index (χ4v) is 2.80. The van der Waals surface area contributed by atoms with Gasteiger partial charge in [-0.2, -0.15) is 0 Å². The molecule has 2 aromatic carbocycles. The Bertz CT molecular complexity index is 827. The van der Waals surface area contributed by atoms with E-state index in [2.05, 4.69) is 5.32 Å². The molecule has 0 saturated carbocycles. The number of benzene rings is 2. The van der Waals surface area contributed by atoms with Crippen molar-refractivity contribution in [1.82, 2.24) is 10.2 Å². The minimum atomic E-state index is -0.714. The lowest BCUT2D eigenvalue weighted by Crippen LogP contribution is -2.49.